The number of nitrogens with one attached hydrogen (secondary N) is 2. The number of H-pyrrole nitrogens is 1. The average Bonchev–Trinajstić information content (AvgIpc) is 3.28. The third-order valence-corrected chi connectivity index (χ3v) is 4.89. The second kappa shape index (κ2) is 8.15. The first-order valence-corrected chi connectivity index (χ1v) is 9.12. The third-order valence-electron chi connectivity index (χ3n) is 4.89. The predicted molar refractivity (Wildman–Crippen MR) is 100 cm³/mol. The maximum Gasteiger partial charge on any atom is 0.237 e. The van der Waals surface area contributed by atoms with Gasteiger partial charge in [-0.25, -0.2) is 4.98 Å². The van der Waals surface area contributed by atoms with E-state index in [0.717, 1.165) is 35.6 Å². The molecular weight excluding hydrogens is 326 g/mol. The number of carbonyl (C=O) groups excluding carboxylic acids is 1. The molecule has 26 heavy (non-hydrogen) atoms. The molecule has 0 aliphatic carbocycles. The normalized spacial score (nSPS) is 17.9. The van der Waals surface area contributed by atoms with Gasteiger partial charge in [-0.3, -0.25) is 4.79 Å². The molecular formula is C20H25N5O. The number of benzene rings is 1. The summed E-state index contributed by atoms with van der Waals surface area (Å²) in [6.45, 7) is 5.74. The van der Waals surface area contributed by atoms with Gasteiger partial charge < -0.3 is 15.2 Å². The van der Waals surface area contributed by atoms with Crippen LogP contribution in [0.3, 0.4) is 0 Å². The number of nitriles is 1. The van der Waals surface area contributed by atoms with E-state index in [0.29, 0.717) is 13.1 Å². The molecule has 1 aromatic carbocycles. The summed E-state index contributed by atoms with van der Waals surface area (Å²) in [5, 5.41) is 12.3. The largest absolute Gasteiger partial charge is 0.342 e. The van der Waals surface area contributed by atoms with E-state index in [1.54, 1.807) is 4.90 Å². The molecule has 136 valence electrons. The average molecular weight is 351 g/mol. The van der Waals surface area contributed by atoms with Crippen LogP contribution in [0, 0.1) is 18.3 Å². The molecule has 2 heterocycles. The van der Waals surface area contributed by atoms with Crippen molar-refractivity contribution in [3.05, 3.63) is 41.7 Å². The maximum atomic E-state index is 12.3. The lowest BCUT2D eigenvalue weighted by atomic mass is 10.1. The number of hydrogen-bond acceptors (Lipinski definition) is 4. The van der Waals surface area contributed by atoms with Gasteiger partial charge in [0.05, 0.1) is 18.3 Å². The number of hydrogen-bond donors (Lipinski definition) is 2. The van der Waals surface area contributed by atoms with E-state index >= 15 is 0 Å². The van der Waals surface area contributed by atoms with Crippen LogP contribution in [0.5, 0.6) is 0 Å². The van der Waals surface area contributed by atoms with Crippen molar-refractivity contribution < 1.29 is 4.79 Å². The molecule has 2 aromatic rings. The van der Waals surface area contributed by atoms with Crippen LogP contribution in [0.2, 0.25) is 0 Å². The van der Waals surface area contributed by atoms with Crippen molar-refractivity contribution in [1.29, 1.82) is 5.26 Å². The number of imidazole rings is 1. The minimum atomic E-state index is -0.260. The quantitative estimate of drug-likeness (QED) is 0.838. The molecule has 1 aliphatic rings. The zero-order valence-electron chi connectivity index (χ0n) is 15.3. The minimum absolute atomic E-state index is 0.00461. The lowest BCUT2D eigenvalue weighted by Crippen LogP contribution is -2.41. The van der Waals surface area contributed by atoms with E-state index in [1.165, 1.54) is 0 Å². The highest BCUT2D eigenvalue weighted by atomic mass is 16.2. The molecule has 0 saturated carbocycles. The van der Waals surface area contributed by atoms with E-state index in [-0.39, 0.29) is 24.4 Å². The first kappa shape index (κ1) is 18.2. The van der Waals surface area contributed by atoms with Gasteiger partial charge >= 0.3 is 0 Å². The number of aromatic nitrogens is 2. The van der Waals surface area contributed by atoms with Crippen molar-refractivity contribution in [2.75, 3.05) is 19.6 Å². The van der Waals surface area contributed by atoms with Crippen LogP contribution in [0.25, 0.3) is 11.4 Å². The van der Waals surface area contributed by atoms with Gasteiger partial charge in [-0.2, -0.15) is 5.26 Å². The Morgan fingerprint density at radius 1 is 1.46 bits per heavy atom. The highest BCUT2D eigenvalue weighted by Crippen LogP contribution is 2.22. The van der Waals surface area contributed by atoms with Crippen molar-refractivity contribution in [3.63, 3.8) is 0 Å². The number of nitrogens with zero attached hydrogens (tertiary/aromatic N) is 3. The van der Waals surface area contributed by atoms with Crippen molar-refractivity contribution in [2.24, 2.45) is 0 Å². The van der Waals surface area contributed by atoms with E-state index in [9.17, 15) is 4.79 Å². The van der Waals surface area contributed by atoms with Crippen LogP contribution in [0.1, 0.15) is 37.1 Å². The van der Waals surface area contributed by atoms with Gasteiger partial charge in [0, 0.05) is 30.3 Å². The summed E-state index contributed by atoms with van der Waals surface area (Å²) in [5.41, 5.74) is 3.13. The molecule has 1 unspecified atom stereocenters. The fourth-order valence-corrected chi connectivity index (χ4v) is 3.48. The molecule has 2 atom stereocenters. The van der Waals surface area contributed by atoms with Gasteiger partial charge in [-0.05, 0) is 19.8 Å². The number of aromatic amines is 1. The Balaban J connectivity index is 1.56. The van der Waals surface area contributed by atoms with Crippen LogP contribution < -0.4 is 5.32 Å². The van der Waals surface area contributed by atoms with E-state index in [4.69, 9.17) is 10.2 Å². The third kappa shape index (κ3) is 3.94. The van der Waals surface area contributed by atoms with E-state index in [2.05, 4.69) is 23.3 Å². The maximum absolute atomic E-state index is 12.3. The van der Waals surface area contributed by atoms with E-state index in [1.807, 2.05) is 37.3 Å². The van der Waals surface area contributed by atoms with Crippen molar-refractivity contribution in [3.8, 4) is 17.5 Å². The molecule has 3 rings (SSSR count). The van der Waals surface area contributed by atoms with Crippen LogP contribution in [-0.2, 0) is 4.79 Å². The minimum Gasteiger partial charge on any atom is -0.342 e. The lowest BCUT2D eigenvalue weighted by molar-refractivity contribution is -0.130. The topological polar surface area (TPSA) is 84.8 Å². The molecule has 0 bridgehead atoms. The predicted octanol–water partition coefficient (Wildman–Crippen LogP) is 2.59. The second-order valence-electron chi connectivity index (χ2n) is 6.87. The van der Waals surface area contributed by atoms with Crippen LogP contribution in [0.15, 0.2) is 30.3 Å². The second-order valence-corrected chi connectivity index (χ2v) is 6.87. The number of carbonyl (C=O) groups is 1. The summed E-state index contributed by atoms with van der Waals surface area (Å²) in [4.78, 5) is 22.1. The Labute approximate surface area is 154 Å². The summed E-state index contributed by atoms with van der Waals surface area (Å²) in [6, 6.07) is 12.0. The summed E-state index contributed by atoms with van der Waals surface area (Å²) in [7, 11) is 0. The smallest absolute Gasteiger partial charge is 0.237 e. The summed E-state index contributed by atoms with van der Waals surface area (Å²) in [5.74, 6) is 1.06. The Bertz CT molecular complexity index is 792. The highest BCUT2D eigenvalue weighted by Gasteiger charge is 2.28. The number of amides is 1. The van der Waals surface area contributed by atoms with Gasteiger partial charge in [-0.15, -0.1) is 0 Å². The van der Waals surface area contributed by atoms with Crippen LogP contribution >= 0.6 is 0 Å². The Morgan fingerprint density at radius 3 is 2.96 bits per heavy atom. The molecule has 1 aromatic heterocycles. The van der Waals surface area contributed by atoms with Gasteiger partial charge in [0.1, 0.15) is 11.9 Å². The van der Waals surface area contributed by atoms with Gasteiger partial charge in [0.2, 0.25) is 5.91 Å². The first-order valence-electron chi connectivity index (χ1n) is 9.12. The van der Waals surface area contributed by atoms with Crippen LogP contribution in [-0.4, -0.2) is 46.5 Å². The number of rotatable bonds is 6. The Morgan fingerprint density at radius 2 is 2.23 bits per heavy atom. The first-order chi connectivity index (χ1) is 12.6. The summed E-state index contributed by atoms with van der Waals surface area (Å²) in [6.07, 6.45) is 1.70. The molecule has 2 N–H and O–H groups in total. The standard InChI is InChI=1S/C20H25N5O/c1-14(12-22-13-18(26)25-10-6-9-17(25)11-21)19-15(2)23-20(24-19)16-7-4-3-5-8-16/h3-5,7-8,14,17,22H,6,9-10,12-13H2,1-2H3,(H,23,24)/t14?,17-/m0/s1. The number of likely N-dealkylation sites (tertiary alicyclic amines) is 1. The number of aryl methyl sites for hydroxylation is 1. The Kier molecular flexibility index (Phi) is 5.69. The lowest BCUT2D eigenvalue weighted by Gasteiger charge is -2.20. The molecule has 1 amide bonds. The highest BCUT2D eigenvalue weighted by molar-refractivity contribution is 5.79. The fourth-order valence-electron chi connectivity index (χ4n) is 3.48. The summed E-state index contributed by atoms with van der Waals surface area (Å²) < 4.78 is 0. The monoisotopic (exact) mass is 351 g/mol. The van der Waals surface area contributed by atoms with Gasteiger partial charge in [-0.1, -0.05) is 37.3 Å². The van der Waals surface area contributed by atoms with Crippen molar-refractivity contribution >= 4 is 5.91 Å². The molecule has 1 saturated heterocycles. The zero-order chi connectivity index (χ0) is 18.5. The molecule has 1 aliphatic heterocycles. The molecule has 6 nitrogen and oxygen atoms in total. The van der Waals surface area contributed by atoms with Crippen molar-refractivity contribution in [1.82, 2.24) is 20.2 Å². The summed E-state index contributed by atoms with van der Waals surface area (Å²) >= 11 is 0. The molecule has 0 radical (unpaired) electrons. The van der Waals surface area contributed by atoms with Gasteiger partial charge in [0.15, 0.2) is 0 Å². The van der Waals surface area contributed by atoms with Crippen molar-refractivity contribution in [2.45, 2.75) is 38.6 Å². The van der Waals surface area contributed by atoms with Gasteiger partial charge in [0.25, 0.3) is 0 Å². The zero-order valence-corrected chi connectivity index (χ0v) is 15.3. The fraction of sp³-hybridized carbons (Fsp3) is 0.450. The molecule has 0 spiro atoms. The SMILES string of the molecule is Cc1[nH]c(-c2ccccc2)nc1C(C)CNCC(=O)N1CCC[C@H]1C#N. The molecule has 1 fully saturated rings. The Hall–Kier alpha value is -2.65. The van der Waals surface area contributed by atoms with Crippen LogP contribution in [0.4, 0.5) is 0 Å². The molecule has 6 heteroatoms. The van der Waals surface area contributed by atoms with E-state index < -0.39 is 0 Å².